The summed E-state index contributed by atoms with van der Waals surface area (Å²) >= 11 is 0. The molecule has 0 aromatic rings. The predicted molar refractivity (Wildman–Crippen MR) is 31.3 cm³/mol. The number of rotatable bonds is 3. The summed E-state index contributed by atoms with van der Waals surface area (Å²) in [4.78, 5) is 0. The summed E-state index contributed by atoms with van der Waals surface area (Å²) < 4.78 is 24.0. The van der Waals surface area contributed by atoms with Crippen LogP contribution in [0.4, 0.5) is 8.78 Å². The molecule has 1 aliphatic carbocycles. The monoisotopic (exact) mass is 135 g/mol. The highest BCUT2D eigenvalue weighted by molar-refractivity contribution is 4.95. The molecule has 2 N–H and O–H groups in total. The molecule has 0 aliphatic heterocycles. The van der Waals surface area contributed by atoms with E-state index in [1.807, 2.05) is 0 Å². The van der Waals surface area contributed by atoms with Crippen LogP contribution in [0.2, 0.25) is 0 Å². The van der Waals surface area contributed by atoms with Gasteiger partial charge in [-0.3, -0.25) is 0 Å². The van der Waals surface area contributed by atoms with Crippen LogP contribution in [-0.2, 0) is 0 Å². The Morgan fingerprint density at radius 1 is 1.44 bits per heavy atom. The van der Waals surface area contributed by atoms with E-state index in [0.717, 1.165) is 0 Å². The molecule has 0 amide bonds. The quantitative estimate of drug-likeness (QED) is 0.621. The highest BCUT2D eigenvalue weighted by Crippen LogP contribution is 2.53. The lowest BCUT2D eigenvalue weighted by atomic mass is 10.0. The van der Waals surface area contributed by atoms with Crippen LogP contribution >= 0.6 is 0 Å². The van der Waals surface area contributed by atoms with Crippen molar-refractivity contribution in [3.05, 3.63) is 0 Å². The van der Waals surface area contributed by atoms with E-state index in [2.05, 4.69) is 0 Å². The number of hydrogen-bond donors (Lipinski definition) is 1. The Labute approximate surface area is 53.2 Å². The Balaban J connectivity index is 2.33. The maximum atomic E-state index is 12.0. The highest BCUT2D eigenvalue weighted by atomic mass is 19.3. The molecule has 0 spiro atoms. The van der Waals surface area contributed by atoms with Crippen LogP contribution in [-0.4, -0.2) is 13.0 Å². The second-order valence-corrected chi connectivity index (χ2v) is 2.70. The summed E-state index contributed by atoms with van der Waals surface area (Å²) in [5, 5.41) is 0. The largest absolute Gasteiger partial charge is 0.330 e. The molecule has 54 valence electrons. The van der Waals surface area contributed by atoms with E-state index in [1.54, 1.807) is 0 Å². The van der Waals surface area contributed by atoms with Gasteiger partial charge in [-0.15, -0.1) is 0 Å². The molecule has 0 aromatic carbocycles. The normalized spacial score (nSPS) is 22.7. The summed E-state index contributed by atoms with van der Waals surface area (Å²) in [6.45, 7) is 0.393. The molecular formula is C6H11F2N. The molecule has 1 saturated carbocycles. The fraction of sp³-hybridized carbons (Fsp3) is 1.00. The van der Waals surface area contributed by atoms with Gasteiger partial charge in [-0.2, -0.15) is 0 Å². The van der Waals surface area contributed by atoms with Gasteiger partial charge in [0.25, 0.3) is 0 Å². The molecule has 0 bridgehead atoms. The smallest absolute Gasteiger partial charge is 0.244 e. The van der Waals surface area contributed by atoms with Crippen molar-refractivity contribution >= 4 is 0 Å². The fourth-order valence-corrected chi connectivity index (χ4v) is 1.03. The predicted octanol–water partition coefficient (Wildman–Crippen LogP) is 1.38. The Kier molecular flexibility index (Phi) is 1.70. The summed E-state index contributed by atoms with van der Waals surface area (Å²) in [6, 6.07) is 0. The van der Waals surface area contributed by atoms with Crippen LogP contribution in [0.1, 0.15) is 19.3 Å². The van der Waals surface area contributed by atoms with Crippen molar-refractivity contribution in [2.45, 2.75) is 25.7 Å². The van der Waals surface area contributed by atoms with Crippen LogP contribution in [0.5, 0.6) is 0 Å². The number of halogens is 2. The molecule has 0 aromatic heterocycles. The lowest BCUT2D eigenvalue weighted by Gasteiger charge is -2.10. The molecule has 0 heterocycles. The van der Waals surface area contributed by atoms with E-state index in [9.17, 15) is 8.78 Å². The Morgan fingerprint density at radius 3 is 2.11 bits per heavy atom. The van der Waals surface area contributed by atoms with Gasteiger partial charge in [0.1, 0.15) is 0 Å². The van der Waals surface area contributed by atoms with Gasteiger partial charge in [-0.25, -0.2) is 8.78 Å². The third-order valence-electron chi connectivity index (χ3n) is 2.00. The van der Waals surface area contributed by atoms with Gasteiger partial charge >= 0.3 is 0 Å². The molecule has 0 unspecified atom stereocenters. The third kappa shape index (κ3) is 1.21. The van der Waals surface area contributed by atoms with Gasteiger partial charge in [0.2, 0.25) is 6.43 Å². The van der Waals surface area contributed by atoms with Crippen molar-refractivity contribution in [1.29, 1.82) is 0 Å². The van der Waals surface area contributed by atoms with Gasteiger partial charge in [-0.05, 0) is 25.8 Å². The minimum Gasteiger partial charge on any atom is -0.330 e. The van der Waals surface area contributed by atoms with Crippen LogP contribution in [0.25, 0.3) is 0 Å². The SMILES string of the molecule is NCCC1(C(F)F)CC1. The first kappa shape index (κ1) is 6.93. The van der Waals surface area contributed by atoms with Gasteiger partial charge < -0.3 is 5.73 Å². The molecule has 3 heteroatoms. The minimum absolute atomic E-state index is 0.393. The zero-order valence-electron chi connectivity index (χ0n) is 5.24. The molecular weight excluding hydrogens is 124 g/mol. The van der Waals surface area contributed by atoms with E-state index in [0.29, 0.717) is 25.8 Å². The molecule has 9 heavy (non-hydrogen) atoms. The summed E-state index contributed by atoms with van der Waals surface area (Å²) in [5.41, 5.74) is 4.50. The minimum atomic E-state index is -2.15. The van der Waals surface area contributed by atoms with Crippen LogP contribution < -0.4 is 5.73 Å². The molecule has 1 rings (SSSR count). The average molecular weight is 135 g/mol. The van der Waals surface area contributed by atoms with Crippen LogP contribution in [0, 0.1) is 5.41 Å². The van der Waals surface area contributed by atoms with E-state index in [-0.39, 0.29) is 0 Å². The van der Waals surface area contributed by atoms with Crippen molar-refractivity contribution in [3.63, 3.8) is 0 Å². The van der Waals surface area contributed by atoms with E-state index in [1.165, 1.54) is 0 Å². The van der Waals surface area contributed by atoms with Crippen molar-refractivity contribution in [2.24, 2.45) is 11.1 Å². The van der Waals surface area contributed by atoms with E-state index in [4.69, 9.17) is 5.73 Å². The molecule has 1 nitrogen and oxygen atoms in total. The highest BCUT2D eigenvalue weighted by Gasteiger charge is 2.49. The van der Waals surface area contributed by atoms with Crippen LogP contribution in [0.15, 0.2) is 0 Å². The van der Waals surface area contributed by atoms with E-state index < -0.39 is 11.8 Å². The number of nitrogens with two attached hydrogens (primary N) is 1. The molecule has 0 radical (unpaired) electrons. The number of hydrogen-bond acceptors (Lipinski definition) is 1. The maximum absolute atomic E-state index is 12.0. The Hall–Kier alpha value is -0.180. The Bertz CT molecular complexity index is 99.2. The summed E-state index contributed by atoms with van der Waals surface area (Å²) in [7, 11) is 0. The first-order chi connectivity index (χ1) is 4.21. The second-order valence-electron chi connectivity index (χ2n) is 2.70. The zero-order valence-corrected chi connectivity index (χ0v) is 5.24. The van der Waals surface area contributed by atoms with Crippen molar-refractivity contribution in [2.75, 3.05) is 6.54 Å². The van der Waals surface area contributed by atoms with Crippen LogP contribution in [0.3, 0.4) is 0 Å². The van der Waals surface area contributed by atoms with E-state index >= 15 is 0 Å². The molecule has 0 saturated heterocycles. The summed E-state index contributed by atoms with van der Waals surface area (Å²) in [5.74, 6) is 0. The van der Waals surface area contributed by atoms with Crippen molar-refractivity contribution in [1.82, 2.24) is 0 Å². The number of alkyl halides is 2. The topological polar surface area (TPSA) is 26.0 Å². The van der Waals surface area contributed by atoms with Crippen molar-refractivity contribution < 1.29 is 8.78 Å². The average Bonchev–Trinajstić information content (AvgIpc) is 2.49. The standard InChI is InChI=1S/C6H11F2N/c7-5(8)6(1-2-6)3-4-9/h5H,1-4,9H2. The maximum Gasteiger partial charge on any atom is 0.244 e. The van der Waals surface area contributed by atoms with Gasteiger partial charge in [-0.1, -0.05) is 0 Å². The van der Waals surface area contributed by atoms with Gasteiger partial charge in [0.15, 0.2) is 0 Å². The lowest BCUT2D eigenvalue weighted by Crippen LogP contribution is -2.16. The molecule has 0 atom stereocenters. The molecule has 1 fully saturated rings. The van der Waals surface area contributed by atoms with Gasteiger partial charge in [0.05, 0.1) is 0 Å². The molecule has 1 aliphatic rings. The Morgan fingerprint density at radius 2 is 2.00 bits per heavy atom. The first-order valence-corrected chi connectivity index (χ1v) is 3.19. The van der Waals surface area contributed by atoms with Gasteiger partial charge in [0, 0.05) is 5.41 Å². The fourth-order valence-electron chi connectivity index (χ4n) is 1.03. The second kappa shape index (κ2) is 2.21. The third-order valence-corrected chi connectivity index (χ3v) is 2.00. The van der Waals surface area contributed by atoms with Crippen molar-refractivity contribution in [3.8, 4) is 0 Å². The zero-order chi connectivity index (χ0) is 6.91. The summed E-state index contributed by atoms with van der Waals surface area (Å²) in [6.07, 6.45) is -0.324. The first-order valence-electron chi connectivity index (χ1n) is 3.19. The lowest BCUT2D eigenvalue weighted by molar-refractivity contribution is 0.0578.